The number of nitrogens with one attached hydrogen (secondary N) is 1. The molecule has 1 aliphatic heterocycles. The Balaban J connectivity index is 1.17. The fraction of sp³-hybridized carbons (Fsp3) is 0.839. The molecule has 1 aromatic heterocycles. The number of methoxy groups -OCH3 is 2. The number of carbonyl (C=O) groups excluding carboxylic acids is 1. The summed E-state index contributed by atoms with van der Waals surface area (Å²) in [4.78, 5) is 27.6. The van der Waals surface area contributed by atoms with Crippen molar-refractivity contribution in [2.24, 2.45) is 11.8 Å². The monoisotopic (exact) mass is 543 g/mol. The Labute approximate surface area is 236 Å². The normalized spacial score (nSPS) is 26.9. The van der Waals surface area contributed by atoms with Crippen molar-refractivity contribution >= 4 is 11.7 Å². The molecule has 3 fully saturated rings. The van der Waals surface area contributed by atoms with Gasteiger partial charge in [0.2, 0.25) is 5.91 Å². The lowest BCUT2D eigenvalue weighted by atomic mass is 9.83. The molecule has 220 valence electrons. The molecule has 1 aromatic rings. The highest BCUT2D eigenvalue weighted by Crippen LogP contribution is 2.30. The van der Waals surface area contributed by atoms with Gasteiger partial charge in [-0.2, -0.15) is 0 Å². The van der Waals surface area contributed by atoms with Crippen LogP contribution in [-0.2, 0) is 26.1 Å². The molecule has 8 nitrogen and oxygen atoms in total. The van der Waals surface area contributed by atoms with Gasteiger partial charge in [-0.1, -0.05) is 20.8 Å². The molecule has 0 aromatic carbocycles. The third kappa shape index (κ3) is 8.86. The molecule has 1 saturated heterocycles. The summed E-state index contributed by atoms with van der Waals surface area (Å²) in [5.74, 6) is 3.24. The molecule has 2 saturated carbocycles. The fourth-order valence-electron chi connectivity index (χ4n) is 6.36. The quantitative estimate of drug-likeness (QED) is 0.470. The van der Waals surface area contributed by atoms with Crippen molar-refractivity contribution in [1.82, 2.24) is 20.2 Å². The summed E-state index contributed by atoms with van der Waals surface area (Å²) in [6.45, 7) is 12.6. The topological polar surface area (TPSA) is 79.8 Å². The molecule has 0 bridgehead atoms. The van der Waals surface area contributed by atoms with E-state index < -0.39 is 0 Å². The Morgan fingerprint density at radius 3 is 2.28 bits per heavy atom. The number of piperazine rings is 1. The number of rotatable bonds is 10. The maximum absolute atomic E-state index is 12.8. The highest BCUT2D eigenvalue weighted by Gasteiger charge is 2.30. The molecule has 0 spiro atoms. The van der Waals surface area contributed by atoms with Crippen molar-refractivity contribution in [1.29, 1.82) is 0 Å². The van der Waals surface area contributed by atoms with E-state index in [0.717, 1.165) is 94.4 Å². The fourth-order valence-corrected chi connectivity index (χ4v) is 6.36. The number of carbonyl (C=O) groups is 1. The first-order chi connectivity index (χ1) is 18.7. The lowest BCUT2D eigenvalue weighted by molar-refractivity contribution is -0.127. The van der Waals surface area contributed by atoms with E-state index in [-0.39, 0.29) is 17.2 Å². The molecule has 39 heavy (non-hydrogen) atoms. The van der Waals surface area contributed by atoms with Gasteiger partial charge in [-0.15, -0.1) is 0 Å². The van der Waals surface area contributed by atoms with Crippen molar-refractivity contribution in [2.45, 2.75) is 103 Å². The minimum absolute atomic E-state index is 0.0783. The average Bonchev–Trinajstić information content (AvgIpc) is 2.95. The van der Waals surface area contributed by atoms with Gasteiger partial charge in [0.05, 0.1) is 12.7 Å². The highest BCUT2D eigenvalue weighted by molar-refractivity contribution is 5.79. The van der Waals surface area contributed by atoms with Gasteiger partial charge in [0.15, 0.2) is 0 Å². The van der Waals surface area contributed by atoms with Crippen molar-refractivity contribution in [3.63, 3.8) is 0 Å². The molecule has 4 rings (SSSR count). The van der Waals surface area contributed by atoms with Crippen LogP contribution in [0.15, 0.2) is 6.07 Å². The summed E-state index contributed by atoms with van der Waals surface area (Å²) in [5, 5.41) is 3.38. The zero-order valence-electron chi connectivity index (χ0n) is 25.2. The molecule has 1 amide bonds. The van der Waals surface area contributed by atoms with Crippen LogP contribution in [0.5, 0.6) is 0 Å². The largest absolute Gasteiger partial charge is 0.384 e. The van der Waals surface area contributed by atoms with E-state index in [9.17, 15) is 4.79 Å². The van der Waals surface area contributed by atoms with Gasteiger partial charge in [0.25, 0.3) is 0 Å². The van der Waals surface area contributed by atoms with Crippen LogP contribution in [-0.4, -0.2) is 86.5 Å². The van der Waals surface area contributed by atoms with E-state index in [1.165, 1.54) is 25.8 Å². The number of anilines is 1. The summed E-state index contributed by atoms with van der Waals surface area (Å²) in [6, 6.07) is 2.53. The minimum Gasteiger partial charge on any atom is -0.384 e. The van der Waals surface area contributed by atoms with Crippen LogP contribution in [0.4, 0.5) is 5.82 Å². The van der Waals surface area contributed by atoms with Crippen LogP contribution >= 0.6 is 0 Å². The van der Waals surface area contributed by atoms with Crippen molar-refractivity contribution in [3.05, 3.63) is 17.6 Å². The van der Waals surface area contributed by atoms with Crippen molar-refractivity contribution in [2.75, 3.05) is 58.5 Å². The number of hydrogen-bond acceptors (Lipinski definition) is 7. The molecule has 8 heteroatoms. The van der Waals surface area contributed by atoms with E-state index in [4.69, 9.17) is 19.4 Å². The van der Waals surface area contributed by atoms with Gasteiger partial charge in [-0.05, 0) is 70.3 Å². The van der Waals surface area contributed by atoms with Crippen molar-refractivity contribution in [3.8, 4) is 0 Å². The van der Waals surface area contributed by atoms with Crippen LogP contribution in [0.3, 0.4) is 0 Å². The Bertz CT molecular complexity index is 896. The van der Waals surface area contributed by atoms with Crippen LogP contribution in [0.2, 0.25) is 0 Å². The van der Waals surface area contributed by atoms with Gasteiger partial charge in [0, 0.05) is 76.0 Å². The number of ether oxygens (including phenoxy) is 2. The standard InChI is InChI=1S/C31H53N5O3/c1-31(2,3)30-33-26(15-21-38-4)22-28(34-30)36-19-17-35(18-20-36)16-14-23-6-10-25(11-7-23)32-29(37)24-8-12-27(39-5)13-9-24/h22-25,27H,6-21H2,1-5H3,(H,32,37)/t23-,24-,25+,27-. The molecule has 2 aliphatic carbocycles. The van der Waals surface area contributed by atoms with Gasteiger partial charge in [-0.3, -0.25) is 9.69 Å². The van der Waals surface area contributed by atoms with E-state index >= 15 is 0 Å². The molecule has 0 unspecified atom stereocenters. The maximum Gasteiger partial charge on any atom is 0.223 e. The van der Waals surface area contributed by atoms with Gasteiger partial charge >= 0.3 is 0 Å². The lowest BCUT2D eigenvalue weighted by Crippen LogP contribution is -2.47. The van der Waals surface area contributed by atoms with E-state index in [1.807, 2.05) is 0 Å². The van der Waals surface area contributed by atoms with Gasteiger partial charge < -0.3 is 19.7 Å². The van der Waals surface area contributed by atoms with Crippen LogP contribution in [0, 0.1) is 11.8 Å². The Hall–Kier alpha value is -1.77. The van der Waals surface area contributed by atoms with E-state index in [0.29, 0.717) is 18.8 Å². The first-order valence-electron chi connectivity index (χ1n) is 15.4. The summed E-state index contributed by atoms with van der Waals surface area (Å²) in [5.41, 5.74) is 0.991. The zero-order valence-corrected chi connectivity index (χ0v) is 25.2. The van der Waals surface area contributed by atoms with E-state index in [2.05, 4.69) is 42.0 Å². The van der Waals surface area contributed by atoms with E-state index in [1.54, 1.807) is 14.2 Å². The number of nitrogens with zero attached hydrogens (tertiary/aromatic N) is 4. The first-order valence-corrected chi connectivity index (χ1v) is 15.4. The maximum atomic E-state index is 12.8. The molecule has 2 heterocycles. The first kappa shape index (κ1) is 30.2. The minimum atomic E-state index is -0.0783. The molecule has 0 radical (unpaired) electrons. The molecular weight excluding hydrogens is 490 g/mol. The SMILES string of the molecule is COCCc1cc(N2CCN(CC[C@H]3CC[C@@H](NC(=O)[C@H]4CC[C@H](OC)CC4)CC3)CC2)nc(C(C)(C)C)n1. The predicted octanol–water partition coefficient (Wildman–Crippen LogP) is 4.36. The Morgan fingerprint density at radius 2 is 1.67 bits per heavy atom. The summed E-state index contributed by atoms with van der Waals surface area (Å²) in [7, 11) is 3.53. The number of hydrogen-bond donors (Lipinski definition) is 1. The smallest absolute Gasteiger partial charge is 0.223 e. The van der Waals surface area contributed by atoms with Crippen LogP contribution in [0.25, 0.3) is 0 Å². The van der Waals surface area contributed by atoms with Crippen LogP contribution < -0.4 is 10.2 Å². The number of aromatic nitrogens is 2. The second kappa shape index (κ2) is 14.2. The second-order valence-corrected chi connectivity index (χ2v) is 13.1. The number of amides is 1. The predicted molar refractivity (Wildman–Crippen MR) is 156 cm³/mol. The van der Waals surface area contributed by atoms with Gasteiger partial charge in [-0.25, -0.2) is 9.97 Å². The molecule has 1 N–H and O–H groups in total. The molecular formula is C31H53N5O3. The summed E-state index contributed by atoms with van der Waals surface area (Å²) < 4.78 is 10.8. The van der Waals surface area contributed by atoms with Crippen molar-refractivity contribution < 1.29 is 14.3 Å². The third-order valence-corrected chi connectivity index (χ3v) is 9.12. The summed E-state index contributed by atoms with van der Waals surface area (Å²) in [6.07, 6.45) is 11.1. The Kier molecular flexibility index (Phi) is 11.0. The third-order valence-electron chi connectivity index (χ3n) is 9.12. The Morgan fingerprint density at radius 1 is 0.974 bits per heavy atom. The average molecular weight is 544 g/mol. The highest BCUT2D eigenvalue weighted by atomic mass is 16.5. The lowest BCUT2D eigenvalue weighted by Gasteiger charge is -2.37. The molecule has 0 atom stereocenters. The second-order valence-electron chi connectivity index (χ2n) is 13.1. The molecule has 3 aliphatic rings. The zero-order chi connectivity index (χ0) is 27.8. The van der Waals surface area contributed by atoms with Crippen LogP contribution in [0.1, 0.15) is 90.1 Å². The van der Waals surface area contributed by atoms with Gasteiger partial charge in [0.1, 0.15) is 11.6 Å². The summed E-state index contributed by atoms with van der Waals surface area (Å²) >= 11 is 0.